The molecule has 0 saturated heterocycles. The molecule has 1 saturated carbocycles. The van der Waals surface area contributed by atoms with E-state index in [1.165, 1.54) is 0 Å². The van der Waals surface area contributed by atoms with Crippen LogP contribution in [0.25, 0.3) is 0 Å². The van der Waals surface area contributed by atoms with E-state index in [2.05, 4.69) is 15.3 Å². The normalized spacial score (nSPS) is 19.4. The molecule has 4 rings (SSSR count). The molecule has 1 aliphatic heterocycles. The molecule has 2 amide bonds. The van der Waals surface area contributed by atoms with Gasteiger partial charge in [0.15, 0.2) is 0 Å². The van der Waals surface area contributed by atoms with Crippen molar-refractivity contribution in [3.8, 4) is 0 Å². The fourth-order valence-electron chi connectivity index (χ4n) is 3.20. The summed E-state index contributed by atoms with van der Waals surface area (Å²) in [5.41, 5.74) is 1.84. The van der Waals surface area contributed by atoms with Crippen molar-refractivity contribution in [3.05, 3.63) is 48.3 Å². The van der Waals surface area contributed by atoms with E-state index in [1.54, 1.807) is 29.8 Å². The van der Waals surface area contributed by atoms with E-state index in [0.717, 1.165) is 24.1 Å². The predicted molar refractivity (Wildman–Crippen MR) is 90.1 cm³/mol. The molecular formula is C18H21N5O2. The second-order valence-electron chi connectivity index (χ2n) is 6.81. The molecular weight excluding hydrogens is 318 g/mol. The summed E-state index contributed by atoms with van der Waals surface area (Å²) in [6.07, 6.45) is 9.73. The van der Waals surface area contributed by atoms with Crippen LogP contribution in [0.4, 0.5) is 0 Å². The van der Waals surface area contributed by atoms with Gasteiger partial charge in [0.2, 0.25) is 11.8 Å². The van der Waals surface area contributed by atoms with Crippen LogP contribution in [0, 0.1) is 5.92 Å². The molecule has 0 spiro atoms. The molecule has 7 nitrogen and oxygen atoms in total. The largest absolute Gasteiger partial charge is 0.350 e. The van der Waals surface area contributed by atoms with Gasteiger partial charge in [-0.05, 0) is 30.4 Å². The molecule has 0 aromatic carbocycles. The molecule has 0 bridgehead atoms. The third-order valence-corrected chi connectivity index (χ3v) is 4.83. The average Bonchev–Trinajstić information content (AvgIpc) is 3.32. The molecule has 0 unspecified atom stereocenters. The quantitative estimate of drug-likeness (QED) is 0.890. The average molecular weight is 339 g/mol. The van der Waals surface area contributed by atoms with Crippen molar-refractivity contribution in [1.82, 2.24) is 24.8 Å². The number of fused-ring (bicyclic) bond motifs is 1. The predicted octanol–water partition coefficient (Wildman–Crippen LogP) is 1.28. The molecule has 1 fully saturated rings. The van der Waals surface area contributed by atoms with Crippen LogP contribution in [0.2, 0.25) is 0 Å². The Labute approximate surface area is 146 Å². The first-order valence-electron chi connectivity index (χ1n) is 8.66. The maximum absolute atomic E-state index is 12.7. The maximum atomic E-state index is 12.7. The van der Waals surface area contributed by atoms with Crippen molar-refractivity contribution < 1.29 is 9.59 Å². The highest BCUT2D eigenvalue weighted by Gasteiger charge is 2.34. The second kappa shape index (κ2) is 6.66. The third-order valence-electron chi connectivity index (χ3n) is 4.83. The number of aromatic nitrogens is 3. The Balaban J connectivity index is 1.45. The molecule has 25 heavy (non-hydrogen) atoms. The van der Waals surface area contributed by atoms with Gasteiger partial charge in [-0.3, -0.25) is 14.6 Å². The van der Waals surface area contributed by atoms with Crippen molar-refractivity contribution in [3.63, 3.8) is 0 Å². The Morgan fingerprint density at radius 2 is 2.12 bits per heavy atom. The number of carbonyl (C=O) groups is 2. The summed E-state index contributed by atoms with van der Waals surface area (Å²) in [6.45, 7) is 1.34. The summed E-state index contributed by atoms with van der Waals surface area (Å²) >= 11 is 0. The molecule has 2 aliphatic rings. The number of amides is 2. The van der Waals surface area contributed by atoms with E-state index in [1.807, 2.05) is 16.7 Å². The highest BCUT2D eigenvalue weighted by Crippen LogP contribution is 2.33. The van der Waals surface area contributed by atoms with Crippen molar-refractivity contribution in [2.24, 2.45) is 5.92 Å². The Hall–Kier alpha value is -2.70. The summed E-state index contributed by atoms with van der Waals surface area (Å²) in [6, 6.07) is 3.32. The van der Waals surface area contributed by atoms with Crippen molar-refractivity contribution >= 4 is 11.8 Å². The minimum Gasteiger partial charge on any atom is -0.350 e. The van der Waals surface area contributed by atoms with E-state index in [-0.39, 0.29) is 11.8 Å². The first kappa shape index (κ1) is 15.8. The number of hydrogen-bond donors (Lipinski definition) is 1. The lowest BCUT2D eigenvalue weighted by Gasteiger charge is -2.33. The van der Waals surface area contributed by atoms with Crippen LogP contribution in [0.5, 0.6) is 0 Å². The zero-order valence-corrected chi connectivity index (χ0v) is 14.0. The number of imidazole rings is 1. The van der Waals surface area contributed by atoms with E-state index in [0.29, 0.717) is 32.0 Å². The minimum atomic E-state index is -0.439. The van der Waals surface area contributed by atoms with Crippen molar-refractivity contribution in [2.45, 2.75) is 38.4 Å². The van der Waals surface area contributed by atoms with Crippen molar-refractivity contribution in [1.29, 1.82) is 0 Å². The number of nitrogens with zero attached hydrogens (tertiary/aromatic N) is 4. The van der Waals surface area contributed by atoms with Gasteiger partial charge < -0.3 is 14.8 Å². The molecule has 2 aromatic rings. The number of rotatable bonds is 5. The van der Waals surface area contributed by atoms with E-state index < -0.39 is 6.04 Å². The maximum Gasteiger partial charge on any atom is 0.245 e. The van der Waals surface area contributed by atoms with Crippen LogP contribution >= 0.6 is 0 Å². The Bertz CT molecular complexity index is 769. The zero-order valence-electron chi connectivity index (χ0n) is 14.0. The summed E-state index contributed by atoms with van der Waals surface area (Å²) in [4.78, 5) is 35.2. The minimum absolute atomic E-state index is 0.105. The van der Waals surface area contributed by atoms with Crippen LogP contribution in [-0.2, 0) is 22.7 Å². The molecule has 0 radical (unpaired) electrons. The molecule has 130 valence electrons. The number of pyridine rings is 1. The summed E-state index contributed by atoms with van der Waals surface area (Å²) in [5.74, 6) is 0.573. The summed E-state index contributed by atoms with van der Waals surface area (Å²) < 4.78 is 1.87. The molecule has 1 aliphatic carbocycles. The lowest BCUT2D eigenvalue weighted by atomic mass is 10.1. The zero-order chi connectivity index (χ0) is 17.2. The van der Waals surface area contributed by atoms with Gasteiger partial charge in [0.25, 0.3) is 0 Å². The highest BCUT2D eigenvalue weighted by molar-refractivity contribution is 5.83. The fourth-order valence-corrected chi connectivity index (χ4v) is 3.20. The van der Waals surface area contributed by atoms with Gasteiger partial charge in [0.1, 0.15) is 6.04 Å². The first-order valence-corrected chi connectivity index (χ1v) is 8.66. The Morgan fingerprint density at radius 1 is 1.24 bits per heavy atom. The molecule has 1 atom stereocenters. The van der Waals surface area contributed by atoms with Crippen molar-refractivity contribution in [2.75, 3.05) is 6.54 Å². The Morgan fingerprint density at radius 3 is 2.88 bits per heavy atom. The third kappa shape index (κ3) is 3.55. The second-order valence-corrected chi connectivity index (χ2v) is 6.81. The number of hydrogen-bond acceptors (Lipinski definition) is 4. The Kier molecular flexibility index (Phi) is 4.21. The van der Waals surface area contributed by atoms with Crippen LogP contribution < -0.4 is 5.32 Å². The number of carbonyl (C=O) groups excluding carboxylic acids is 2. The van der Waals surface area contributed by atoms with E-state index >= 15 is 0 Å². The molecule has 2 aromatic heterocycles. The first-order chi connectivity index (χ1) is 12.2. The van der Waals surface area contributed by atoms with E-state index in [9.17, 15) is 9.59 Å². The summed E-state index contributed by atoms with van der Waals surface area (Å²) in [7, 11) is 0. The lowest BCUT2D eigenvalue weighted by molar-refractivity contribution is -0.135. The monoisotopic (exact) mass is 339 g/mol. The van der Waals surface area contributed by atoms with Crippen LogP contribution in [0.1, 0.15) is 36.6 Å². The molecule has 7 heteroatoms. The SMILES string of the molecule is O=C(NCc1cccnc1)[C@@H]1CN(C(=O)CC2CC2)Cc2cncn21. The summed E-state index contributed by atoms with van der Waals surface area (Å²) in [5, 5.41) is 2.95. The highest BCUT2D eigenvalue weighted by atomic mass is 16.2. The van der Waals surface area contributed by atoms with Gasteiger partial charge in [-0.1, -0.05) is 6.07 Å². The lowest BCUT2D eigenvalue weighted by Crippen LogP contribution is -2.46. The van der Waals surface area contributed by atoms with Gasteiger partial charge in [0, 0.05) is 31.6 Å². The van der Waals surface area contributed by atoms with Gasteiger partial charge in [-0.25, -0.2) is 4.98 Å². The van der Waals surface area contributed by atoms with Gasteiger partial charge >= 0.3 is 0 Å². The standard InChI is InChI=1S/C18H21N5O2/c24-17(6-13-3-4-13)22-10-15-9-20-12-23(15)16(11-22)18(25)21-8-14-2-1-5-19-7-14/h1-2,5,7,9,12-13,16H,3-4,6,8,10-11H2,(H,21,25)/t16-/m0/s1. The van der Waals surface area contributed by atoms with E-state index in [4.69, 9.17) is 0 Å². The molecule has 1 N–H and O–H groups in total. The smallest absolute Gasteiger partial charge is 0.245 e. The van der Waals surface area contributed by atoms with Gasteiger partial charge in [0.05, 0.1) is 25.1 Å². The topological polar surface area (TPSA) is 80.1 Å². The molecule has 3 heterocycles. The number of nitrogens with one attached hydrogen (secondary N) is 1. The van der Waals surface area contributed by atoms with Crippen LogP contribution in [0.15, 0.2) is 37.1 Å². The van der Waals surface area contributed by atoms with Gasteiger partial charge in [-0.15, -0.1) is 0 Å². The van der Waals surface area contributed by atoms with Crippen LogP contribution in [0.3, 0.4) is 0 Å². The van der Waals surface area contributed by atoms with Gasteiger partial charge in [-0.2, -0.15) is 0 Å². The van der Waals surface area contributed by atoms with Crippen LogP contribution in [-0.4, -0.2) is 37.8 Å². The fraction of sp³-hybridized carbons (Fsp3) is 0.444.